The quantitative estimate of drug-likeness (QED) is 0.619. The van der Waals surface area contributed by atoms with Gasteiger partial charge in [0.25, 0.3) is 0 Å². The molecule has 2 aromatic rings. The highest BCUT2D eigenvalue weighted by molar-refractivity contribution is 6.30. The van der Waals surface area contributed by atoms with Crippen molar-refractivity contribution in [2.24, 2.45) is 10.6 Å². The molecule has 0 radical (unpaired) electrons. The predicted octanol–water partition coefficient (Wildman–Crippen LogP) is 5.61. The van der Waals surface area contributed by atoms with Gasteiger partial charge in [-0.1, -0.05) is 79.5 Å². The van der Waals surface area contributed by atoms with Gasteiger partial charge in [0.15, 0.2) is 6.10 Å². The van der Waals surface area contributed by atoms with Crippen LogP contribution < -0.4 is 0 Å². The van der Waals surface area contributed by atoms with E-state index in [9.17, 15) is 4.79 Å². The molecule has 0 fully saturated rings. The molecule has 29 heavy (non-hydrogen) atoms. The van der Waals surface area contributed by atoms with Gasteiger partial charge in [0.2, 0.25) is 5.91 Å². The lowest BCUT2D eigenvalue weighted by molar-refractivity contribution is -0.135. The minimum Gasteiger partial charge on any atom is -0.390 e. The Balaban J connectivity index is 1.69. The van der Waals surface area contributed by atoms with E-state index in [0.29, 0.717) is 31.0 Å². The van der Waals surface area contributed by atoms with Gasteiger partial charge in [0.05, 0.1) is 12.3 Å². The molecule has 1 aliphatic heterocycles. The van der Waals surface area contributed by atoms with Gasteiger partial charge in [-0.3, -0.25) is 4.79 Å². The van der Waals surface area contributed by atoms with E-state index in [1.807, 2.05) is 29.2 Å². The zero-order valence-corrected chi connectivity index (χ0v) is 18.4. The number of oxime groups is 1. The molecule has 0 aromatic heterocycles. The molecule has 4 nitrogen and oxygen atoms in total. The van der Waals surface area contributed by atoms with Crippen LogP contribution in [-0.2, 0) is 16.2 Å². The number of aryl methyl sites for hydroxylation is 1. The SMILES string of the molecule is Cc1ccc(C2=NO[C@@H](CN(Cc3cccc(Cl)c3)C(=O)CC(C)(C)C)C2)cc1. The maximum absolute atomic E-state index is 13.0. The number of rotatable bonds is 6. The summed E-state index contributed by atoms with van der Waals surface area (Å²) < 4.78 is 0. The van der Waals surface area contributed by atoms with E-state index in [4.69, 9.17) is 16.4 Å². The number of hydrogen-bond donors (Lipinski definition) is 0. The number of benzene rings is 2. The van der Waals surface area contributed by atoms with Crippen LogP contribution in [0.3, 0.4) is 0 Å². The summed E-state index contributed by atoms with van der Waals surface area (Å²) in [6, 6.07) is 15.9. The topological polar surface area (TPSA) is 41.9 Å². The molecule has 0 N–H and O–H groups in total. The number of hydrogen-bond acceptors (Lipinski definition) is 3. The van der Waals surface area contributed by atoms with E-state index in [-0.39, 0.29) is 17.4 Å². The molecule has 0 saturated carbocycles. The summed E-state index contributed by atoms with van der Waals surface area (Å²) in [6.07, 6.45) is 1.03. The molecule has 0 saturated heterocycles. The minimum atomic E-state index is -0.144. The summed E-state index contributed by atoms with van der Waals surface area (Å²) in [5.74, 6) is 0.116. The molecular weight excluding hydrogens is 384 g/mol. The first-order valence-corrected chi connectivity index (χ1v) is 10.4. The van der Waals surface area contributed by atoms with Gasteiger partial charge in [-0.05, 0) is 35.6 Å². The molecule has 0 spiro atoms. The van der Waals surface area contributed by atoms with E-state index in [0.717, 1.165) is 16.8 Å². The Bertz CT molecular complexity index is 884. The summed E-state index contributed by atoms with van der Waals surface area (Å²) in [7, 11) is 0. The van der Waals surface area contributed by atoms with Crippen molar-refractivity contribution < 1.29 is 9.63 Å². The third kappa shape index (κ3) is 6.33. The largest absolute Gasteiger partial charge is 0.390 e. The molecule has 3 rings (SSSR count). The maximum atomic E-state index is 13.0. The van der Waals surface area contributed by atoms with Gasteiger partial charge in [-0.15, -0.1) is 0 Å². The highest BCUT2D eigenvalue weighted by atomic mass is 35.5. The molecule has 0 bridgehead atoms. The van der Waals surface area contributed by atoms with Crippen LogP contribution in [0.1, 0.15) is 50.3 Å². The Kier molecular flexibility index (Phi) is 6.63. The third-order valence-electron chi connectivity index (χ3n) is 4.84. The van der Waals surface area contributed by atoms with Gasteiger partial charge in [0.1, 0.15) is 0 Å². The Morgan fingerprint density at radius 1 is 1.21 bits per heavy atom. The van der Waals surface area contributed by atoms with Gasteiger partial charge >= 0.3 is 0 Å². The monoisotopic (exact) mass is 412 g/mol. The molecular formula is C24H29ClN2O2. The van der Waals surface area contributed by atoms with Crippen LogP contribution in [0, 0.1) is 12.3 Å². The fraction of sp³-hybridized carbons (Fsp3) is 0.417. The molecule has 1 heterocycles. The summed E-state index contributed by atoms with van der Waals surface area (Å²) in [5.41, 5.74) is 4.15. The van der Waals surface area contributed by atoms with Gasteiger partial charge in [-0.25, -0.2) is 0 Å². The number of halogens is 1. The molecule has 5 heteroatoms. The van der Waals surface area contributed by atoms with Crippen molar-refractivity contribution in [3.05, 3.63) is 70.2 Å². The van der Waals surface area contributed by atoms with Crippen molar-refractivity contribution in [3.8, 4) is 0 Å². The zero-order chi connectivity index (χ0) is 21.0. The van der Waals surface area contributed by atoms with Crippen LogP contribution >= 0.6 is 11.6 Å². The van der Waals surface area contributed by atoms with Gasteiger partial charge in [0, 0.05) is 24.4 Å². The zero-order valence-electron chi connectivity index (χ0n) is 17.6. The van der Waals surface area contributed by atoms with E-state index < -0.39 is 0 Å². The minimum absolute atomic E-state index is 0.0796. The van der Waals surface area contributed by atoms with Crippen molar-refractivity contribution in [2.75, 3.05) is 6.54 Å². The second-order valence-electron chi connectivity index (χ2n) is 8.98. The standard InChI is InChI=1S/C24H29ClN2O2/c1-17-8-10-19(11-9-17)22-13-21(29-26-22)16-27(23(28)14-24(2,3)4)15-18-6-5-7-20(25)12-18/h5-12,21H,13-16H2,1-4H3/t21-/m1/s1. The Hall–Kier alpha value is -2.33. The molecule has 154 valence electrons. The Morgan fingerprint density at radius 2 is 1.93 bits per heavy atom. The lowest BCUT2D eigenvalue weighted by atomic mass is 9.91. The average molecular weight is 413 g/mol. The summed E-state index contributed by atoms with van der Waals surface area (Å²) in [6.45, 7) is 9.30. The van der Waals surface area contributed by atoms with Crippen LogP contribution in [0.2, 0.25) is 5.02 Å². The lowest BCUT2D eigenvalue weighted by Gasteiger charge is -2.28. The maximum Gasteiger partial charge on any atom is 0.223 e. The van der Waals surface area contributed by atoms with E-state index in [1.54, 1.807) is 0 Å². The van der Waals surface area contributed by atoms with Gasteiger partial charge < -0.3 is 9.74 Å². The number of carbonyl (C=O) groups is 1. The number of carbonyl (C=O) groups excluding carboxylic acids is 1. The van der Waals surface area contributed by atoms with Crippen molar-refractivity contribution in [2.45, 2.75) is 53.2 Å². The molecule has 1 amide bonds. The predicted molar refractivity (Wildman–Crippen MR) is 118 cm³/mol. The van der Waals surface area contributed by atoms with E-state index in [1.165, 1.54) is 5.56 Å². The second-order valence-corrected chi connectivity index (χ2v) is 9.41. The normalized spacial score (nSPS) is 16.3. The number of nitrogens with zero attached hydrogens (tertiary/aromatic N) is 2. The highest BCUT2D eigenvalue weighted by Gasteiger charge is 2.28. The highest BCUT2D eigenvalue weighted by Crippen LogP contribution is 2.24. The van der Waals surface area contributed by atoms with Crippen molar-refractivity contribution in [1.82, 2.24) is 4.90 Å². The summed E-state index contributed by atoms with van der Waals surface area (Å²) >= 11 is 6.14. The van der Waals surface area contributed by atoms with Crippen molar-refractivity contribution in [3.63, 3.8) is 0 Å². The lowest BCUT2D eigenvalue weighted by Crippen LogP contribution is -2.38. The number of amides is 1. The fourth-order valence-electron chi connectivity index (χ4n) is 3.36. The van der Waals surface area contributed by atoms with E-state index in [2.05, 4.69) is 57.1 Å². The first kappa shape index (κ1) is 21.4. The first-order chi connectivity index (χ1) is 13.7. The Labute approximate surface area is 178 Å². The average Bonchev–Trinajstić information content (AvgIpc) is 3.09. The molecule has 0 aliphatic carbocycles. The molecule has 1 atom stereocenters. The van der Waals surface area contributed by atoms with E-state index >= 15 is 0 Å². The van der Waals surface area contributed by atoms with Crippen LogP contribution in [0.15, 0.2) is 53.7 Å². The molecule has 1 aliphatic rings. The van der Waals surface area contributed by atoms with Gasteiger partial charge in [-0.2, -0.15) is 0 Å². The van der Waals surface area contributed by atoms with Crippen LogP contribution in [0.4, 0.5) is 0 Å². The molecule has 2 aromatic carbocycles. The summed E-state index contributed by atoms with van der Waals surface area (Å²) in [5, 5.41) is 4.96. The molecule has 0 unspecified atom stereocenters. The van der Waals surface area contributed by atoms with Crippen molar-refractivity contribution >= 4 is 23.2 Å². The van der Waals surface area contributed by atoms with Crippen LogP contribution in [0.5, 0.6) is 0 Å². The summed E-state index contributed by atoms with van der Waals surface area (Å²) in [4.78, 5) is 20.6. The smallest absolute Gasteiger partial charge is 0.223 e. The fourth-order valence-corrected chi connectivity index (χ4v) is 3.58. The third-order valence-corrected chi connectivity index (χ3v) is 5.07. The first-order valence-electron chi connectivity index (χ1n) is 10.0. The van der Waals surface area contributed by atoms with Crippen LogP contribution in [0.25, 0.3) is 0 Å². The Morgan fingerprint density at radius 3 is 2.59 bits per heavy atom. The van der Waals surface area contributed by atoms with Crippen molar-refractivity contribution in [1.29, 1.82) is 0 Å². The van der Waals surface area contributed by atoms with Crippen LogP contribution in [-0.4, -0.2) is 29.2 Å². The second kappa shape index (κ2) is 9.00.